The Balaban J connectivity index is 1.79. The molecule has 142 valence electrons. The van der Waals surface area contributed by atoms with Crippen molar-refractivity contribution in [2.24, 2.45) is 0 Å². The number of ether oxygens (including phenoxy) is 2. The molecule has 0 fully saturated rings. The van der Waals surface area contributed by atoms with E-state index in [9.17, 15) is 14.4 Å². The average Bonchev–Trinajstić information content (AvgIpc) is 3.23. The van der Waals surface area contributed by atoms with E-state index in [-0.39, 0.29) is 6.54 Å². The number of imide groups is 1. The molecule has 0 unspecified atom stereocenters. The van der Waals surface area contributed by atoms with Crippen molar-refractivity contribution in [2.75, 3.05) is 27.4 Å². The number of aromatic nitrogens is 3. The number of esters is 1. The standard InChI is InChI=1S/C17H18N4O5S/c1-25-8-7-20-10-18-19-17(20)27-13(16(24)26-2)9-21-14(22)11-5-3-4-6-12(11)15(21)23/h3-6,10,13H,7-9H2,1-2H3/t13-/m1/s1. The van der Waals surface area contributed by atoms with Gasteiger partial charge in [-0.05, 0) is 12.1 Å². The number of nitrogens with zero attached hydrogens (tertiary/aromatic N) is 4. The topological polar surface area (TPSA) is 104 Å². The lowest BCUT2D eigenvalue weighted by Gasteiger charge is -2.20. The molecular weight excluding hydrogens is 372 g/mol. The molecular formula is C17H18N4O5S. The summed E-state index contributed by atoms with van der Waals surface area (Å²) in [5.41, 5.74) is 0.666. The van der Waals surface area contributed by atoms with Crippen molar-refractivity contribution in [1.82, 2.24) is 19.7 Å². The maximum atomic E-state index is 12.6. The molecule has 10 heteroatoms. The highest BCUT2D eigenvalue weighted by Crippen LogP contribution is 2.28. The third-order valence-corrected chi connectivity index (χ3v) is 5.21. The number of amides is 2. The second-order valence-corrected chi connectivity index (χ2v) is 6.87. The quantitative estimate of drug-likeness (QED) is 0.371. The Bertz CT molecular complexity index is 834. The Labute approximate surface area is 159 Å². The van der Waals surface area contributed by atoms with Gasteiger partial charge in [0, 0.05) is 13.7 Å². The number of rotatable bonds is 8. The predicted molar refractivity (Wildman–Crippen MR) is 95.4 cm³/mol. The second kappa shape index (κ2) is 8.31. The van der Waals surface area contributed by atoms with Gasteiger partial charge in [-0.3, -0.25) is 19.3 Å². The minimum atomic E-state index is -0.831. The molecule has 1 aromatic carbocycles. The fraction of sp³-hybridized carbons (Fsp3) is 0.353. The maximum Gasteiger partial charge on any atom is 0.321 e. The molecule has 0 aliphatic carbocycles. The van der Waals surface area contributed by atoms with Crippen LogP contribution in [-0.2, 0) is 20.8 Å². The van der Waals surface area contributed by atoms with Crippen LogP contribution in [0.2, 0.25) is 0 Å². The van der Waals surface area contributed by atoms with Crippen molar-refractivity contribution >= 4 is 29.5 Å². The van der Waals surface area contributed by atoms with Crippen LogP contribution < -0.4 is 0 Å². The first-order valence-electron chi connectivity index (χ1n) is 8.13. The van der Waals surface area contributed by atoms with Crippen LogP contribution in [0.15, 0.2) is 35.7 Å². The molecule has 1 atom stereocenters. The van der Waals surface area contributed by atoms with Crippen LogP contribution in [0.3, 0.4) is 0 Å². The molecule has 0 N–H and O–H groups in total. The summed E-state index contributed by atoms with van der Waals surface area (Å²) in [5, 5.41) is 7.49. The smallest absolute Gasteiger partial charge is 0.321 e. The van der Waals surface area contributed by atoms with Crippen LogP contribution in [0.1, 0.15) is 20.7 Å². The van der Waals surface area contributed by atoms with Gasteiger partial charge in [0.2, 0.25) is 0 Å². The fourth-order valence-corrected chi connectivity index (χ4v) is 3.71. The lowest BCUT2D eigenvalue weighted by molar-refractivity contribution is -0.140. The van der Waals surface area contributed by atoms with E-state index in [1.54, 1.807) is 35.9 Å². The van der Waals surface area contributed by atoms with Crippen LogP contribution in [-0.4, -0.2) is 70.1 Å². The number of carbonyl (C=O) groups excluding carboxylic acids is 3. The number of thioether (sulfide) groups is 1. The van der Waals surface area contributed by atoms with Gasteiger partial charge in [0.05, 0.1) is 31.4 Å². The number of carbonyl (C=O) groups is 3. The van der Waals surface area contributed by atoms with E-state index in [1.807, 2.05) is 0 Å². The number of hydrogen-bond acceptors (Lipinski definition) is 8. The van der Waals surface area contributed by atoms with E-state index in [4.69, 9.17) is 9.47 Å². The minimum absolute atomic E-state index is 0.124. The van der Waals surface area contributed by atoms with Crippen LogP contribution >= 0.6 is 11.8 Å². The van der Waals surface area contributed by atoms with Crippen LogP contribution in [0.5, 0.6) is 0 Å². The highest BCUT2D eigenvalue weighted by atomic mass is 32.2. The molecule has 2 amide bonds. The Hall–Kier alpha value is -2.72. The van der Waals surface area contributed by atoms with E-state index < -0.39 is 23.0 Å². The summed E-state index contributed by atoms with van der Waals surface area (Å²) in [7, 11) is 2.84. The molecule has 9 nitrogen and oxygen atoms in total. The van der Waals surface area contributed by atoms with Crippen molar-refractivity contribution in [3.8, 4) is 0 Å². The highest BCUT2D eigenvalue weighted by Gasteiger charge is 2.38. The van der Waals surface area contributed by atoms with Crippen molar-refractivity contribution < 1.29 is 23.9 Å². The number of benzene rings is 1. The maximum absolute atomic E-state index is 12.6. The molecule has 2 heterocycles. The van der Waals surface area contributed by atoms with Gasteiger partial charge in [-0.1, -0.05) is 23.9 Å². The summed E-state index contributed by atoms with van der Waals surface area (Å²) in [4.78, 5) is 38.4. The molecule has 0 saturated heterocycles. The minimum Gasteiger partial charge on any atom is -0.468 e. The first-order valence-corrected chi connectivity index (χ1v) is 9.01. The van der Waals surface area contributed by atoms with E-state index >= 15 is 0 Å². The second-order valence-electron chi connectivity index (χ2n) is 5.70. The first kappa shape index (κ1) is 19.1. The van der Waals surface area contributed by atoms with E-state index in [2.05, 4.69) is 10.2 Å². The van der Waals surface area contributed by atoms with Gasteiger partial charge in [-0.15, -0.1) is 10.2 Å². The van der Waals surface area contributed by atoms with Crippen LogP contribution in [0.25, 0.3) is 0 Å². The lowest BCUT2D eigenvalue weighted by Crippen LogP contribution is -2.39. The summed E-state index contributed by atoms with van der Waals surface area (Å²) < 4.78 is 11.6. The van der Waals surface area contributed by atoms with E-state index in [1.165, 1.54) is 13.4 Å². The lowest BCUT2D eigenvalue weighted by atomic mass is 10.1. The largest absolute Gasteiger partial charge is 0.468 e. The normalized spacial score (nSPS) is 14.4. The predicted octanol–water partition coefficient (Wildman–Crippen LogP) is 0.854. The number of methoxy groups -OCH3 is 2. The van der Waals surface area contributed by atoms with Gasteiger partial charge in [-0.2, -0.15) is 0 Å². The van der Waals surface area contributed by atoms with Gasteiger partial charge in [0.15, 0.2) is 5.16 Å². The molecule has 0 bridgehead atoms. The van der Waals surface area contributed by atoms with Gasteiger partial charge in [-0.25, -0.2) is 0 Å². The molecule has 1 aliphatic rings. The Morgan fingerprint density at radius 3 is 2.44 bits per heavy atom. The zero-order valence-electron chi connectivity index (χ0n) is 14.8. The van der Waals surface area contributed by atoms with Gasteiger partial charge in [0.25, 0.3) is 11.8 Å². The van der Waals surface area contributed by atoms with E-state index in [0.29, 0.717) is 29.4 Å². The summed E-state index contributed by atoms with van der Waals surface area (Å²) >= 11 is 1.09. The molecule has 3 rings (SSSR count). The van der Waals surface area contributed by atoms with Crippen molar-refractivity contribution in [1.29, 1.82) is 0 Å². The zero-order chi connectivity index (χ0) is 19.4. The zero-order valence-corrected chi connectivity index (χ0v) is 15.6. The third kappa shape index (κ3) is 3.86. The number of hydrogen-bond donors (Lipinski definition) is 0. The average molecular weight is 390 g/mol. The summed E-state index contributed by atoms with van der Waals surface area (Å²) in [6.07, 6.45) is 1.53. The summed E-state index contributed by atoms with van der Waals surface area (Å²) in [6.45, 7) is 0.834. The molecule has 2 aromatic rings. The molecule has 0 radical (unpaired) electrons. The number of fused-ring (bicyclic) bond motifs is 1. The van der Waals surface area contributed by atoms with E-state index in [0.717, 1.165) is 16.7 Å². The SMILES string of the molecule is COCCn1cnnc1S[C@H](CN1C(=O)c2ccccc2C1=O)C(=O)OC. The van der Waals surface area contributed by atoms with Crippen LogP contribution in [0, 0.1) is 0 Å². The molecule has 0 spiro atoms. The molecule has 0 saturated carbocycles. The van der Waals surface area contributed by atoms with Gasteiger partial charge in [0.1, 0.15) is 11.6 Å². The Kier molecular flexibility index (Phi) is 5.87. The Morgan fingerprint density at radius 1 is 1.19 bits per heavy atom. The van der Waals surface area contributed by atoms with Crippen molar-refractivity contribution in [3.63, 3.8) is 0 Å². The molecule has 1 aromatic heterocycles. The van der Waals surface area contributed by atoms with Gasteiger partial charge < -0.3 is 14.0 Å². The molecule has 1 aliphatic heterocycles. The molecule has 27 heavy (non-hydrogen) atoms. The summed E-state index contributed by atoms with van der Waals surface area (Å²) in [6, 6.07) is 6.57. The van der Waals surface area contributed by atoms with Crippen molar-refractivity contribution in [3.05, 3.63) is 41.7 Å². The summed E-state index contributed by atoms with van der Waals surface area (Å²) in [5.74, 6) is -1.41. The van der Waals surface area contributed by atoms with Gasteiger partial charge >= 0.3 is 5.97 Å². The van der Waals surface area contributed by atoms with Crippen molar-refractivity contribution in [2.45, 2.75) is 17.0 Å². The first-order chi connectivity index (χ1) is 13.1. The third-order valence-electron chi connectivity index (χ3n) is 4.05. The highest BCUT2D eigenvalue weighted by molar-refractivity contribution is 8.00. The monoisotopic (exact) mass is 390 g/mol. The fourth-order valence-electron chi connectivity index (χ4n) is 2.67. The van der Waals surface area contributed by atoms with Crippen LogP contribution in [0.4, 0.5) is 0 Å². The Morgan fingerprint density at radius 2 is 1.85 bits per heavy atom.